The van der Waals surface area contributed by atoms with E-state index < -0.39 is 0 Å². The molecule has 0 atom stereocenters. The first kappa shape index (κ1) is 9.53. The molecule has 0 unspecified atom stereocenters. The Morgan fingerprint density at radius 1 is 1.54 bits per heavy atom. The average molecular weight is 176 g/mol. The number of hydrogen-bond acceptors (Lipinski definition) is 2. The molecule has 0 spiro atoms. The molecular formula is C10H12N2O. The van der Waals surface area contributed by atoms with Crippen molar-refractivity contribution < 1.29 is 4.79 Å². The van der Waals surface area contributed by atoms with Crippen LogP contribution in [-0.2, 0) is 4.79 Å². The number of allylic oxidation sites excluding steroid dienone is 3. The van der Waals surface area contributed by atoms with Gasteiger partial charge in [-0.2, -0.15) is 5.26 Å². The van der Waals surface area contributed by atoms with Gasteiger partial charge in [-0.15, -0.1) is 0 Å². The molecule has 0 saturated heterocycles. The standard InChI is InChI=1S/C10H12N2O/c11-7-4-6-10-5-2-1-3-8-12(10)9-13/h4-6,9H,1-3,8H2/b6-4+. The normalized spacial score (nSPS) is 17.8. The van der Waals surface area contributed by atoms with E-state index in [1.54, 1.807) is 11.0 Å². The molecular weight excluding hydrogens is 164 g/mol. The molecule has 0 bridgehead atoms. The van der Waals surface area contributed by atoms with E-state index in [4.69, 9.17) is 5.26 Å². The van der Waals surface area contributed by atoms with Crippen LogP contribution in [0.1, 0.15) is 19.3 Å². The maximum atomic E-state index is 10.7. The predicted molar refractivity (Wildman–Crippen MR) is 49.5 cm³/mol. The summed E-state index contributed by atoms with van der Waals surface area (Å²) in [5.74, 6) is 0. The fourth-order valence-electron chi connectivity index (χ4n) is 1.32. The van der Waals surface area contributed by atoms with E-state index in [-0.39, 0.29) is 0 Å². The van der Waals surface area contributed by atoms with Crippen LogP contribution in [0.4, 0.5) is 0 Å². The van der Waals surface area contributed by atoms with Crippen LogP contribution in [0.3, 0.4) is 0 Å². The van der Waals surface area contributed by atoms with Crippen molar-refractivity contribution in [3.05, 3.63) is 23.9 Å². The minimum Gasteiger partial charge on any atom is -0.315 e. The molecule has 1 aliphatic rings. The van der Waals surface area contributed by atoms with Crippen LogP contribution in [0.15, 0.2) is 23.9 Å². The van der Waals surface area contributed by atoms with Gasteiger partial charge in [-0.3, -0.25) is 4.79 Å². The lowest BCUT2D eigenvalue weighted by Gasteiger charge is -2.15. The maximum absolute atomic E-state index is 10.7. The summed E-state index contributed by atoms with van der Waals surface area (Å²) >= 11 is 0. The van der Waals surface area contributed by atoms with Gasteiger partial charge < -0.3 is 4.90 Å². The van der Waals surface area contributed by atoms with E-state index in [0.29, 0.717) is 0 Å². The average Bonchev–Trinajstić information content (AvgIpc) is 2.39. The number of rotatable bonds is 2. The smallest absolute Gasteiger partial charge is 0.214 e. The number of carbonyl (C=O) groups excluding carboxylic acids is 1. The monoisotopic (exact) mass is 176 g/mol. The Hall–Kier alpha value is -1.56. The molecule has 0 aromatic rings. The molecule has 0 aliphatic carbocycles. The minimum atomic E-state index is 0.755. The minimum absolute atomic E-state index is 0.755. The molecule has 0 radical (unpaired) electrons. The maximum Gasteiger partial charge on any atom is 0.214 e. The van der Waals surface area contributed by atoms with Gasteiger partial charge in [0.05, 0.1) is 6.07 Å². The van der Waals surface area contributed by atoms with Gasteiger partial charge in [0.15, 0.2) is 0 Å². The number of hydrogen-bond donors (Lipinski definition) is 0. The molecule has 1 aliphatic heterocycles. The van der Waals surface area contributed by atoms with E-state index in [1.807, 2.05) is 12.1 Å². The van der Waals surface area contributed by atoms with Crippen LogP contribution in [0.25, 0.3) is 0 Å². The van der Waals surface area contributed by atoms with Gasteiger partial charge in [0.2, 0.25) is 6.41 Å². The molecule has 3 heteroatoms. The van der Waals surface area contributed by atoms with E-state index in [2.05, 4.69) is 0 Å². The number of nitrogens with zero attached hydrogens (tertiary/aromatic N) is 2. The molecule has 0 saturated carbocycles. The molecule has 1 heterocycles. The van der Waals surface area contributed by atoms with Crippen molar-refractivity contribution in [3.8, 4) is 6.07 Å². The zero-order chi connectivity index (χ0) is 9.52. The molecule has 0 aromatic carbocycles. The third-order valence-electron chi connectivity index (χ3n) is 1.99. The molecule has 1 rings (SSSR count). The summed E-state index contributed by atoms with van der Waals surface area (Å²) < 4.78 is 0. The molecule has 0 fully saturated rings. The van der Waals surface area contributed by atoms with Crippen molar-refractivity contribution in [2.75, 3.05) is 6.54 Å². The van der Waals surface area contributed by atoms with Crippen molar-refractivity contribution >= 4 is 6.41 Å². The zero-order valence-corrected chi connectivity index (χ0v) is 7.44. The highest BCUT2D eigenvalue weighted by Gasteiger charge is 2.07. The van der Waals surface area contributed by atoms with Gasteiger partial charge >= 0.3 is 0 Å². The topological polar surface area (TPSA) is 44.1 Å². The molecule has 0 aromatic heterocycles. The molecule has 0 N–H and O–H groups in total. The summed E-state index contributed by atoms with van der Waals surface area (Å²) in [6.07, 6.45) is 9.00. The Bertz CT molecular complexity index is 273. The summed E-state index contributed by atoms with van der Waals surface area (Å²) in [7, 11) is 0. The summed E-state index contributed by atoms with van der Waals surface area (Å²) in [4.78, 5) is 12.3. The first-order chi connectivity index (χ1) is 6.38. The van der Waals surface area contributed by atoms with Crippen LogP contribution in [0.5, 0.6) is 0 Å². The molecule has 3 nitrogen and oxygen atoms in total. The number of nitriles is 1. The van der Waals surface area contributed by atoms with Crippen molar-refractivity contribution in [2.24, 2.45) is 0 Å². The van der Waals surface area contributed by atoms with Gasteiger partial charge in [-0.25, -0.2) is 0 Å². The Morgan fingerprint density at radius 2 is 2.38 bits per heavy atom. The summed E-state index contributed by atoms with van der Waals surface area (Å²) in [6.45, 7) is 0.755. The van der Waals surface area contributed by atoms with Gasteiger partial charge in [0, 0.05) is 18.3 Å². The zero-order valence-electron chi connectivity index (χ0n) is 7.44. The van der Waals surface area contributed by atoms with Crippen LogP contribution in [-0.4, -0.2) is 17.9 Å². The Morgan fingerprint density at radius 3 is 3.08 bits per heavy atom. The Labute approximate surface area is 78.0 Å². The van der Waals surface area contributed by atoms with Crippen LogP contribution in [0, 0.1) is 11.3 Å². The van der Waals surface area contributed by atoms with Gasteiger partial charge in [-0.05, 0) is 25.3 Å². The second-order valence-corrected chi connectivity index (χ2v) is 2.89. The fraction of sp³-hybridized carbons (Fsp3) is 0.400. The lowest BCUT2D eigenvalue weighted by Crippen LogP contribution is -2.20. The molecule has 13 heavy (non-hydrogen) atoms. The molecule has 68 valence electrons. The van der Waals surface area contributed by atoms with Gasteiger partial charge in [0.1, 0.15) is 0 Å². The van der Waals surface area contributed by atoms with Crippen LogP contribution >= 0.6 is 0 Å². The van der Waals surface area contributed by atoms with E-state index in [1.165, 1.54) is 6.08 Å². The van der Waals surface area contributed by atoms with Crippen molar-refractivity contribution in [1.82, 2.24) is 4.90 Å². The Kier molecular flexibility index (Phi) is 3.77. The third-order valence-corrected chi connectivity index (χ3v) is 1.99. The van der Waals surface area contributed by atoms with Gasteiger partial charge in [-0.1, -0.05) is 6.08 Å². The SMILES string of the molecule is N#C/C=C/C1=CCCCCN1C=O. The molecule has 1 amide bonds. The highest BCUT2D eigenvalue weighted by atomic mass is 16.1. The quantitative estimate of drug-likeness (QED) is 0.473. The second kappa shape index (κ2) is 5.15. The lowest BCUT2D eigenvalue weighted by molar-refractivity contribution is -0.116. The summed E-state index contributed by atoms with van der Waals surface area (Å²) in [5.41, 5.74) is 0.842. The van der Waals surface area contributed by atoms with Crippen molar-refractivity contribution in [3.63, 3.8) is 0 Å². The van der Waals surface area contributed by atoms with Crippen molar-refractivity contribution in [2.45, 2.75) is 19.3 Å². The fourth-order valence-corrected chi connectivity index (χ4v) is 1.32. The van der Waals surface area contributed by atoms with Crippen LogP contribution in [0.2, 0.25) is 0 Å². The lowest BCUT2D eigenvalue weighted by atomic mass is 10.2. The Balaban J connectivity index is 2.75. The highest BCUT2D eigenvalue weighted by molar-refractivity contribution is 5.53. The largest absolute Gasteiger partial charge is 0.315 e. The van der Waals surface area contributed by atoms with E-state index in [9.17, 15) is 4.79 Å². The summed E-state index contributed by atoms with van der Waals surface area (Å²) in [6, 6.07) is 1.92. The third kappa shape index (κ3) is 2.75. The number of amides is 1. The number of carbonyl (C=O) groups is 1. The first-order valence-electron chi connectivity index (χ1n) is 4.36. The van der Waals surface area contributed by atoms with E-state index in [0.717, 1.165) is 37.9 Å². The van der Waals surface area contributed by atoms with Crippen molar-refractivity contribution in [1.29, 1.82) is 5.26 Å². The first-order valence-corrected chi connectivity index (χ1v) is 4.36. The second-order valence-electron chi connectivity index (χ2n) is 2.89. The van der Waals surface area contributed by atoms with E-state index >= 15 is 0 Å². The van der Waals surface area contributed by atoms with Gasteiger partial charge in [0.25, 0.3) is 0 Å². The highest BCUT2D eigenvalue weighted by Crippen LogP contribution is 2.13. The predicted octanol–water partition coefficient (Wildman–Crippen LogP) is 1.59. The summed E-state index contributed by atoms with van der Waals surface area (Å²) in [5, 5.41) is 8.36. The van der Waals surface area contributed by atoms with Crippen LogP contribution < -0.4 is 0 Å².